The van der Waals surface area contributed by atoms with Gasteiger partial charge in [0.2, 0.25) is 5.91 Å². The van der Waals surface area contributed by atoms with Crippen molar-refractivity contribution in [2.45, 2.75) is 0 Å². The highest BCUT2D eigenvalue weighted by Crippen LogP contribution is 2.24. The minimum Gasteiger partial charge on any atom is -0.497 e. The lowest BCUT2D eigenvalue weighted by atomic mass is 10.2. The smallest absolute Gasteiger partial charge is 0.258 e. The number of carbonyl (C=O) groups excluding carboxylic acids is 3. The number of hydrogen-bond donors (Lipinski definition) is 3. The number of methoxy groups -OCH3 is 1. The first-order valence-corrected chi connectivity index (χ1v) is 8.61. The van der Waals surface area contributed by atoms with E-state index in [1.165, 1.54) is 19.2 Å². The van der Waals surface area contributed by atoms with E-state index in [-0.39, 0.29) is 24.5 Å². The van der Waals surface area contributed by atoms with Crippen molar-refractivity contribution in [1.82, 2.24) is 5.32 Å². The van der Waals surface area contributed by atoms with E-state index in [4.69, 9.17) is 15.2 Å². The second-order valence-electron chi connectivity index (χ2n) is 5.32. The average molecular weight is 436 g/mol. The fraction of sp³-hybridized carbons (Fsp3) is 0.167. The predicted molar refractivity (Wildman–Crippen MR) is 103 cm³/mol. The molecule has 0 aliphatic heterocycles. The topological polar surface area (TPSA) is 120 Å². The first-order valence-electron chi connectivity index (χ1n) is 7.82. The summed E-state index contributed by atoms with van der Waals surface area (Å²) in [5, 5.41) is 5.09. The lowest BCUT2D eigenvalue weighted by Crippen LogP contribution is -2.36. The monoisotopic (exact) mass is 435 g/mol. The molecule has 3 amide bonds. The van der Waals surface area contributed by atoms with E-state index in [0.717, 1.165) is 4.47 Å². The molecule has 142 valence electrons. The van der Waals surface area contributed by atoms with E-state index in [1.807, 2.05) is 6.07 Å². The van der Waals surface area contributed by atoms with Crippen LogP contribution in [-0.2, 0) is 9.59 Å². The number of para-hydroxylation sites is 1. The maximum atomic E-state index is 11.9. The van der Waals surface area contributed by atoms with E-state index in [1.54, 1.807) is 24.3 Å². The lowest BCUT2D eigenvalue weighted by Gasteiger charge is -2.11. The van der Waals surface area contributed by atoms with Gasteiger partial charge in [-0.25, -0.2) is 0 Å². The van der Waals surface area contributed by atoms with Gasteiger partial charge in [0.1, 0.15) is 11.5 Å². The molecule has 0 unspecified atom stereocenters. The van der Waals surface area contributed by atoms with Gasteiger partial charge in [-0.05, 0) is 46.3 Å². The molecule has 0 saturated heterocycles. The van der Waals surface area contributed by atoms with Crippen molar-refractivity contribution >= 4 is 39.3 Å². The summed E-state index contributed by atoms with van der Waals surface area (Å²) in [4.78, 5) is 35.3. The number of primary amides is 1. The molecule has 0 aliphatic rings. The van der Waals surface area contributed by atoms with E-state index in [0.29, 0.717) is 11.4 Å². The van der Waals surface area contributed by atoms with Crippen LogP contribution in [-0.4, -0.2) is 38.0 Å². The molecule has 0 radical (unpaired) electrons. The van der Waals surface area contributed by atoms with Crippen molar-refractivity contribution in [1.29, 1.82) is 0 Å². The van der Waals surface area contributed by atoms with Gasteiger partial charge in [0, 0.05) is 4.47 Å². The summed E-state index contributed by atoms with van der Waals surface area (Å²) in [7, 11) is 1.45. The summed E-state index contributed by atoms with van der Waals surface area (Å²) in [6.45, 7) is -0.607. The molecule has 0 saturated carbocycles. The molecule has 27 heavy (non-hydrogen) atoms. The Morgan fingerprint density at radius 2 is 1.85 bits per heavy atom. The zero-order chi connectivity index (χ0) is 19.8. The highest BCUT2D eigenvalue weighted by atomic mass is 79.9. The van der Waals surface area contributed by atoms with Crippen LogP contribution in [0.1, 0.15) is 10.4 Å². The summed E-state index contributed by atoms with van der Waals surface area (Å²) >= 11 is 3.32. The fourth-order valence-corrected chi connectivity index (χ4v) is 2.47. The Labute approximate surface area is 164 Å². The second kappa shape index (κ2) is 9.58. The SMILES string of the molecule is COc1ccc(OCC(=O)NCC(=O)Nc2ccccc2Br)c(C(N)=O)c1. The molecule has 0 aliphatic carbocycles. The number of benzene rings is 2. The molecule has 2 aromatic carbocycles. The largest absolute Gasteiger partial charge is 0.497 e. The third-order valence-corrected chi connectivity index (χ3v) is 4.10. The van der Waals surface area contributed by atoms with Gasteiger partial charge in [-0.1, -0.05) is 12.1 Å². The molecule has 0 spiro atoms. The third-order valence-electron chi connectivity index (χ3n) is 3.41. The van der Waals surface area contributed by atoms with Crippen LogP contribution in [0.3, 0.4) is 0 Å². The van der Waals surface area contributed by atoms with Gasteiger partial charge in [0.05, 0.1) is 24.9 Å². The van der Waals surface area contributed by atoms with Gasteiger partial charge < -0.3 is 25.8 Å². The number of hydrogen-bond acceptors (Lipinski definition) is 5. The summed E-state index contributed by atoms with van der Waals surface area (Å²) < 4.78 is 11.1. The molecular formula is C18H18BrN3O5. The molecule has 0 fully saturated rings. The molecule has 2 aromatic rings. The number of nitrogens with one attached hydrogen (secondary N) is 2. The molecule has 0 aromatic heterocycles. The van der Waals surface area contributed by atoms with Crippen molar-refractivity contribution in [2.75, 3.05) is 25.6 Å². The minimum absolute atomic E-state index is 0.0915. The Morgan fingerprint density at radius 1 is 1.11 bits per heavy atom. The van der Waals surface area contributed by atoms with Gasteiger partial charge in [0.25, 0.3) is 11.8 Å². The molecule has 9 heteroatoms. The van der Waals surface area contributed by atoms with E-state index in [2.05, 4.69) is 26.6 Å². The number of ether oxygens (including phenoxy) is 2. The number of nitrogens with two attached hydrogens (primary N) is 1. The van der Waals surface area contributed by atoms with Crippen LogP contribution in [0.5, 0.6) is 11.5 Å². The van der Waals surface area contributed by atoms with E-state index < -0.39 is 17.7 Å². The predicted octanol–water partition coefficient (Wildman–Crippen LogP) is 1.69. The highest BCUT2D eigenvalue weighted by Gasteiger charge is 2.13. The highest BCUT2D eigenvalue weighted by molar-refractivity contribution is 9.10. The van der Waals surface area contributed by atoms with Crippen molar-refractivity contribution < 1.29 is 23.9 Å². The number of carbonyl (C=O) groups is 3. The lowest BCUT2D eigenvalue weighted by molar-refractivity contribution is -0.125. The van der Waals surface area contributed by atoms with E-state index >= 15 is 0 Å². The van der Waals surface area contributed by atoms with Crippen LogP contribution in [0.25, 0.3) is 0 Å². The summed E-state index contributed by atoms with van der Waals surface area (Å²) in [5.74, 6) is -1.04. The van der Waals surface area contributed by atoms with Gasteiger partial charge in [-0.3, -0.25) is 14.4 Å². The van der Waals surface area contributed by atoms with Gasteiger partial charge in [0.15, 0.2) is 6.61 Å². The Balaban J connectivity index is 1.85. The van der Waals surface area contributed by atoms with Crippen LogP contribution in [0.15, 0.2) is 46.9 Å². The molecule has 2 rings (SSSR count). The van der Waals surface area contributed by atoms with Crippen LogP contribution in [0.2, 0.25) is 0 Å². The van der Waals surface area contributed by atoms with Crippen molar-refractivity contribution in [3.8, 4) is 11.5 Å². The van der Waals surface area contributed by atoms with Crippen molar-refractivity contribution in [3.05, 3.63) is 52.5 Å². The Kier molecular flexibility index (Phi) is 7.18. The van der Waals surface area contributed by atoms with Crippen LogP contribution in [0, 0.1) is 0 Å². The number of amides is 3. The first-order chi connectivity index (χ1) is 12.9. The molecule has 4 N–H and O–H groups in total. The van der Waals surface area contributed by atoms with Gasteiger partial charge in [-0.15, -0.1) is 0 Å². The number of anilines is 1. The standard InChI is InChI=1S/C18H18BrN3O5/c1-26-11-6-7-15(12(8-11)18(20)25)27-10-17(24)21-9-16(23)22-14-5-3-2-4-13(14)19/h2-8H,9-10H2,1H3,(H2,20,25)(H,21,24)(H,22,23). The summed E-state index contributed by atoms with van der Waals surface area (Å²) in [6, 6.07) is 11.6. The Bertz CT molecular complexity index is 857. The zero-order valence-corrected chi connectivity index (χ0v) is 16.0. The Morgan fingerprint density at radius 3 is 2.52 bits per heavy atom. The zero-order valence-electron chi connectivity index (χ0n) is 14.5. The van der Waals surface area contributed by atoms with E-state index in [9.17, 15) is 14.4 Å². The molecular weight excluding hydrogens is 418 g/mol. The Hall–Kier alpha value is -3.07. The maximum Gasteiger partial charge on any atom is 0.258 e. The maximum absolute atomic E-state index is 11.9. The van der Waals surface area contributed by atoms with Gasteiger partial charge in [-0.2, -0.15) is 0 Å². The molecule has 8 nitrogen and oxygen atoms in total. The number of halogens is 1. The average Bonchev–Trinajstić information content (AvgIpc) is 2.66. The molecule has 0 heterocycles. The summed E-state index contributed by atoms with van der Waals surface area (Å²) in [5.41, 5.74) is 5.98. The van der Waals surface area contributed by atoms with Crippen molar-refractivity contribution in [3.63, 3.8) is 0 Å². The number of rotatable bonds is 8. The third kappa shape index (κ3) is 6.00. The van der Waals surface area contributed by atoms with Gasteiger partial charge >= 0.3 is 0 Å². The summed E-state index contributed by atoms with van der Waals surface area (Å²) in [6.07, 6.45) is 0. The molecule has 0 bridgehead atoms. The molecule has 0 atom stereocenters. The second-order valence-corrected chi connectivity index (χ2v) is 6.17. The minimum atomic E-state index is -0.711. The first kappa shape index (κ1) is 20.2. The van der Waals surface area contributed by atoms with Crippen LogP contribution < -0.4 is 25.8 Å². The van der Waals surface area contributed by atoms with Crippen molar-refractivity contribution in [2.24, 2.45) is 5.73 Å². The normalized spacial score (nSPS) is 10.0. The van der Waals surface area contributed by atoms with Crippen LogP contribution >= 0.6 is 15.9 Å². The quantitative estimate of drug-likeness (QED) is 0.582. The van der Waals surface area contributed by atoms with Crippen LogP contribution in [0.4, 0.5) is 5.69 Å². The fourth-order valence-electron chi connectivity index (χ4n) is 2.08.